The van der Waals surface area contributed by atoms with Crippen LogP contribution in [0.5, 0.6) is 0 Å². The first kappa shape index (κ1) is 19.4. The summed E-state index contributed by atoms with van der Waals surface area (Å²) in [7, 11) is 0. The first-order valence-corrected chi connectivity index (χ1v) is 10.9. The first-order chi connectivity index (χ1) is 14.6. The van der Waals surface area contributed by atoms with E-state index in [1.54, 1.807) is 18.5 Å². The molecule has 5 rings (SSSR count). The minimum Gasteiger partial charge on any atom is -0.376 e. The number of benzene rings is 1. The van der Waals surface area contributed by atoms with Gasteiger partial charge >= 0.3 is 0 Å². The maximum Gasteiger partial charge on any atom is 0.254 e. The summed E-state index contributed by atoms with van der Waals surface area (Å²) in [6.07, 6.45) is 7.65. The van der Waals surface area contributed by atoms with Crippen molar-refractivity contribution < 1.29 is 13.9 Å². The van der Waals surface area contributed by atoms with Crippen LogP contribution in [0.15, 0.2) is 35.2 Å². The van der Waals surface area contributed by atoms with Gasteiger partial charge in [0.05, 0.1) is 23.6 Å². The van der Waals surface area contributed by atoms with E-state index in [1.807, 2.05) is 4.40 Å². The van der Waals surface area contributed by atoms with Crippen LogP contribution in [-0.2, 0) is 4.74 Å². The zero-order chi connectivity index (χ0) is 20.7. The highest BCUT2D eigenvalue weighted by Gasteiger charge is 2.25. The van der Waals surface area contributed by atoms with Crippen LogP contribution in [0.1, 0.15) is 36.0 Å². The third kappa shape index (κ3) is 3.91. The molecule has 0 spiro atoms. The number of rotatable bonds is 6. The third-order valence-electron chi connectivity index (χ3n) is 5.41. The fourth-order valence-corrected chi connectivity index (χ4v) is 4.04. The summed E-state index contributed by atoms with van der Waals surface area (Å²) in [5.41, 5.74) is 2.04. The van der Waals surface area contributed by atoms with Crippen LogP contribution in [0.2, 0.25) is 0 Å². The summed E-state index contributed by atoms with van der Waals surface area (Å²) in [6, 6.07) is 4.82. The molecule has 2 fully saturated rings. The molecule has 7 nitrogen and oxygen atoms in total. The summed E-state index contributed by atoms with van der Waals surface area (Å²) in [5, 5.41) is 6.14. The maximum absolute atomic E-state index is 14.7. The molecule has 1 aliphatic heterocycles. The van der Waals surface area contributed by atoms with Gasteiger partial charge in [-0.3, -0.25) is 9.20 Å². The highest BCUT2D eigenvalue weighted by Crippen LogP contribution is 2.28. The monoisotopic (exact) mass is 473 g/mol. The van der Waals surface area contributed by atoms with Crippen LogP contribution in [0, 0.1) is 5.82 Å². The van der Waals surface area contributed by atoms with Gasteiger partial charge < -0.3 is 15.4 Å². The number of imidazole rings is 1. The van der Waals surface area contributed by atoms with Crippen LogP contribution < -0.4 is 10.6 Å². The Balaban J connectivity index is 1.44. The summed E-state index contributed by atoms with van der Waals surface area (Å²) in [4.78, 5) is 21.2. The Labute approximate surface area is 181 Å². The van der Waals surface area contributed by atoms with Crippen molar-refractivity contribution in [2.24, 2.45) is 0 Å². The molecule has 1 atom stereocenters. The van der Waals surface area contributed by atoms with Crippen molar-refractivity contribution in [1.82, 2.24) is 19.7 Å². The van der Waals surface area contributed by atoms with Crippen molar-refractivity contribution in [2.45, 2.75) is 37.8 Å². The zero-order valence-corrected chi connectivity index (χ0v) is 17.8. The molecule has 2 aliphatic rings. The molecule has 1 amide bonds. The molecule has 1 saturated heterocycles. The second-order valence-corrected chi connectivity index (χ2v) is 8.52. The average Bonchev–Trinajstić information content (AvgIpc) is 3.21. The second-order valence-electron chi connectivity index (χ2n) is 7.71. The van der Waals surface area contributed by atoms with Gasteiger partial charge in [-0.15, -0.1) is 0 Å². The van der Waals surface area contributed by atoms with E-state index in [-0.39, 0.29) is 23.6 Å². The Morgan fingerprint density at radius 3 is 2.93 bits per heavy atom. The molecule has 1 unspecified atom stereocenters. The number of hydrogen-bond donors (Lipinski definition) is 2. The zero-order valence-electron chi connectivity index (χ0n) is 16.2. The number of halogens is 2. The van der Waals surface area contributed by atoms with E-state index in [9.17, 15) is 9.18 Å². The largest absolute Gasteiger partial charge is 0.376 e. The first-order valence-electron chi connectivity index (χ1n) is 10.1. The minimum atomic E-state index is -0.551. The summed E-state index contributed by atoms with van der Waals surface area (Å²) < 4.78 is 22.8. The lowest BCUT2D eigenvalue weighted by Crippen LogP contribution is -2.26. The topological polar surface area (TPSA) is 80.5 Å². The van der Waals surface area contributed by atoms with Crippen LogP contribution in [0.25, 0.3) is 16.9 Å². The van der Waals surface area contributed by atoms with E-state index in [0.29, 0.717) is 33.9 Å². The number of carbonyl (C=O) groups excluding carboxylic acids is 1. The number of fused-ring (bicyclic) bond motifs is 1. The lowest BCUT2D eigenvalue weighted by atomic mass is 10.1. The molecule has 9 heteroatoms. The van der Waals surface area contributed by atoms with Gasteiger partial charge in [0.1, 0.15) is 10.4 Å². The summed E-state index contributed by atoms with van der Waals surface area (Å²) in [5.74, 6) is -0.287. The van der Waals surface area contributed by atoms with Gasteiger partial charge in [0.2, 0.25) is 0 Å². The van der Waals surface area contributed by atoms with Gasteiger partial charge in [-0.05, 0) is 53.7 Å². The predicted octanol–water partition coefficient (Wildman–Crippen LogP) is 3.78. The number of carbonyl (C=O) groups is 1. The number of nitrogens with zero attached hydrogens (tertiary/aromatic N) is 3. The van der Waals surface area contributed by atoms with Crippen molar-refractivity contribution in [3.63, 3.8) is 0 Å². The molecular weight excluding hydrogens is 453 g/mol. The molecule has 3 heterocycles. The number of ether oxygens (including phenoxy) is 1. The van der Waals surface area contributed by atoms with Gasteiger partial charge in [-0.1, -0.05) is 6.07 Å². The number of hydrogen-bond acceptors (Lipinski definition) is 5. The standard InChI is InChI=1S/C21H21BrFN5O2/c22-18-11-28-17(10-25-20(28)19(27-18)24-9-14-2-1-7-30-14)12-3-6-15(16(23)8-12)21(29)26-13-4-5-13/h3,6,8,10-11,13-14H,1-2,4-5,7,9H2,(H,24,27)(H,26,29). The van der Waals surface area contributed by atoms with E-state index in [1.165, 1.54) is 12.1 Å². The van der Waals surface area contributed by atoms with Gasteiger partial charge in [-0.2, -0.15) is 0 Å². The summed E-state index contributed by atoms with van der Waals surface area (Å²) >= 11 is 3.44. The Morgan fingerprint density at radius 1 is 1.33 bits per heavy atom. The van der Waals surface area contributed by atoms with Crippen LogP contribution >= 0.6 is 15.9 Å². The van der Waals surface area contributed by atoms with E-state index < -0.39 is 5.82 Å². The van der Waals surface area contributed by atoms with Crippen LogP contribution in [-0.4, -0.2) is 45.6 Å². The minimum absolute atomic E-state index is 0.0567. The van der Waals surface area contributed by atoms with Crippen molar-refractivity contribution in [3.8, 4) is 11.3 Å². The fraction of sp³-hybridized carbons (Fsp3) is 0.381. The van der Waals surface area contributed by atoms with Gasteiger partial charge in [-0.25, -0.2) is 14.4 Å². The Bertz CT molecular complexity index is 1110. The van der Waals surface area contributed by atoms with Crippen LogP contribution in [0.3, 0.4) is 0 Å². The van der Waals surface area contributed by atoms with Gasteiger partial charge in [0.25, 0.3) is 5.91 Å². The quantitative estimate of drug-likeness (QED) is 0.569. The molecule has 1 aromatic carbocycles. The highest BCUT2D eigenvalue weighted by molar-refractivity contribution is 9.10. The molecular formula is C21H21BrFN5O2. The summed E-state index contributed by atoms with van der Waals surface area (Å²) in [6.45, 7) is 1.45. The Hall–Kier alpha value is -2.52. The van der Waals surface area contributed by atoms with Crippen molar-refractivity contribution in [2.75, 3.05) is 18.5 Å². The number of nitrogens with one attached hydrogen (secondary N) is 2. The molecule has 3 aromatic rings. The Morgan fingerprint density at radius 2 is 2.20 bits per heavy atom. The lowest BCUT2D eigenvalue weighted by Gasteiger charge is -2.13. The predicted molar refractivity (Wildman–Crippen MR) is 114 cm³/mol. The molecule has 30 heavy (non-hydrogen) atoms. The molecule has 156 valence electrons. The van der Waals surface area contributed by atoms with Crippen molar-refractivity contribution in [1.29, 1.82) is 0 Å². The number of aromatic nitrogens is 3. The molecule has 2 aromatic heterocycles. The van der Waals surface area contributed by atoms with Crippen molar-refractivity contribution >= 4 is 33.3 Å². The smallest absolute Gasteiger partial charge is 0.254 e. The fourth-order valence-electron chi connectivity index (χ4n) is 3.66. The second kappa shape index (κ2) is 7.96. The molecule has 1 saturated carbocycles. The molecule has 0 radical (unpaired) electrons. The van der Waals surface area contributed by atoms with Crippen molar-refractivity contribution in [3.05, 3.63) is 46.6 Å². The SMILES string of the molecule is O=C(NC1CC1)c1ccc(-c2cnc3c(NCC4CCCO4)nc(Br)cn23)cc1F. The van der Waals surface area contributed by atoms with E-state index >= 15 is 0 Å². The molecule has 2 N–H and O–H groups in total. The van der Waals surface area contributed by atoms with Gasteiger partial charge in [0.15, 0.2) is 11.5 Å². The number of amides is 1. The maximum atomic E-state index is 14.7. The molecule has 1 aliphatic carbocycles. The highest BCUT2D eigenvalue weighted by atomic mass is 79.9. The van der Waals surface area contributed by atoms with E-state index in [0.717, 1.165) is 32.3 Å². The normalized spacial score (nSPS) is 18.7. The Kier molecular flexibility index (Phi) is 5.16. The molecule has 0 bridgehead atoms. The van der Waals surface area contributed by atoms with Crippen LogP contribution in [0.4, 0.5) is 10.2 Å². The van der Waals surface area contributed by atoms with Gasteiger partial charge in [0, 0.05) is 31.0 Å². The lowest BCUT2D eigenvalue weighted by molar-refractivity contribution is 0.0947. The van der Waals surface area contributed by atoms with E-state index in [4.69, 9.17) is 4.74 Å². The number of anilines is 1. The average molecular weight is 474 g/mol. The third-order valence-corrected chi connectivity index (χ3v) is 5.79. The van der Waals surface area contributed by atoms with E-state index in [2.05, 4.69) is 36.5 Å².